The predicted molar refractivity (Wildman–Crippen MR) is 146 cm³/mol. The molecule has 0 radical (unpaired) electrons. The molecule has 194 valence electrons. The van der Waals surface area contributed by atoms with Gasteiger partial charge in [-0.05, 0) is 47.7 Å². The van der Waals surface area contributed by atoms with Crippen LogP contribution in [0.2, 0.25) is 0 Å². The van der Waals surface area contributed by atoms with Gasteiger partial charge in [-0.3, -0.25) is 14.7 Å². The monoisotopic (exact) mass is 529 g/mol. The maximum atomic E-state index is 13.9. The number of aromatic nitrogens is 2. The minimum Gasteiger partial charge on any atom is -0.493 e. The van der Waals surface area contributed by atoms with E-state index < -0.39 is 5.92 Å². The van der Waals surface area contributed by atoms with Gasteiger partial charge in [0.2, 0.25) is 5.75 Å². The Morgan fingerprint density at radius 2 is 1.66 bits per heavy atom. The van der Waals surface area contributed by atoms with Crippen molar-refractivity contribution in [2.24, 2.45) is 0 Å². The number of thiophene rings is 1. The molecule has 8 nitrogen and oxygen atoms in total. The number of H-pyrrole nitrogens is 1. The van der Waals surface area contributed by atoms with Crippen molar-refractivity contribution < 1.29 is 19.0 Å². The van der Waals surface area contributed by atoms with Crippen molar-refractivity contribution in [1.82, 2.24) is 9.78 Å². The highest BCUT2D eigenvalue weighted by atomic mass is 32.1. The minimum atomic E-state index is -0.611. The lowest BCUT2D eigenvalue weighted by Gasteiger charge is -2.34. The van der Waals surface area contributed by atoms with Crippen LogP contribution < -0.4 is 25.1 Å². The van der Waals surface area contributed by atoms with E-state index in [4.69, 9.17) is 14.2 Å². The van der Waals surface area contributed by atoms with Gasteiger partial charge in [-0.2, -0.15) is 0 Å². The van der Waals surface area contributed by atoms with E-state index in [9.17, 15) is 9.59 Å². The summed E-state index contributed by atoms with van der Waals surface area (Å²) < 4.78 is 18.3. The average Bonchev–Trinajstić information content (AvgIpc) is 3.60. The van der Waals surface area contributed by atoms with E-state index in [2.05, 4.69) is 16.5 Å². The molecule has 0 saturated heterocycles. The van der Waals surface area contributed by atoms with Gasteiger partial charge in [0.05, 0.1) is 32.6 Å². The third-order valence-electron chi connectivity index (χ3n) is 7.27. The summed E-state index contributed by atoms with van der Waals surface area (Å²) >= 11 is 1.66. The van der Waals surface area contributed by atoms with E-state index >= 15 is 0 Å². The number of carbonyl (C=O) groups excluding carboxylic acids is 1. The summed E-state index contributed by atoms with van der Waals surface area (Å²) in [7, 11) is 4.65. The first-order valence-electron chi connectivity index (χ1n) is 12.3. The molecule has 0 bridgehead atoms. The summed E-state index contributed by atoms with van der Waals surface area (Å²) in [4.78, 5) is 29.0. The number of rotatable bonds is 6. The largest absolute Gasteiger partial charge is 0.493 e. The summed E-state index contributed by atoms with van der Waals surface area (Å²) in [6, 6.07) is 17.1. The molecule has 2 N–H and O–H groups in total. The molecule has 3 heterocycles. The molecule has 0 amide bonds. The van der Waals surface area contributed by atoms with Gasteiger partial charge in [0.1, 0.15) is 5.82 Å². The van der Waals surface area contributed by atoms with Gasteiger partial charge in [0.15, 0.2) is 17.3 Å². The maximum absolute atomic E-state index is 13.9. The van der Waals surface area contributed by atoms with Gasteiger partial charge >= 0.3 is 0 Å². The molecule has 1 aliphatic heterocycles. The Morgan fingerprint density at radius 3 is 2.29 bits per heavy atom. The van der Waals surface area contributed by atoms with Gasteiger partial charge in [0, 0.05) is 34.4 Å². The maximum Gasteiger partial charge on any atom is 0.277 e. The zero-order valence-corrected chi connectivity index (χ0v) is 22.1. The third-order valence-corrected chi connectivity index (χ3v) is 8.30. The number of ketones is 1. The van der Waals surface area contributed by atoms with Crippen molar-refractivity contribution >= 4 is 22.9 Å². The highest BCUT2D eigenvalue weighted by Crippen LogP contribution is 2.50. The van der Waals surface area contributed by atoms with Crippen LogP contribution in [0, 0.1) is 0 Å². The Kier molecular flexibility index (Phi) is 6.07. The lowest BCUT2D eigenvalue weighted by molar-refractivity contribution is -0.116. The normalized spacial score (nSPS) is 18.4. The number of nitrogens with one attached hydrogen (secondary N) is 2. The van der Waals surface area contributed by atoms with Crippen LogP contribution in [0.25, 0.3) is 5.69 Å². The van der Waals surface area contributed by atoms with Crippen LogP contribution in [0.3, 0.4) is 0 Å². The standard InChI is InChI=1S/C29H27N3O5S/c1-35-21-14-17(15-22(36-2)27(21)37-3)24-25-19(12-16(13-20(25)33)23-10-7-11-38-23)30-28-26(24)29(34)32(31-28)18-8-5-4-6-9-18/h4-11,14-16,24,30-31H,12-13H2,1-3H3/t16-,24-/m1/s1. The summed E-state index contributed by atoms with van der Waals surface area (Å²) in [5.41, 5.74) is 3.11. The van der Waals surface area contributed by atoms with Crippen LogP contribution in [-0.2, 0) is 4.79 Å². The van der Waals surface area contributed by atoms with Crippen LogP contribution in [0.5, 0.6) is 17.2 Å². The molecule has 2 aliphatic rings. The number of Topliss-reactive ketones (excluding diaryl/α,β-unsaturated/α-hetero) is 1. The number of hydrogen-bond donors (Lipinski definition) is 2. The van der Waals surface area contributed by atoms with Crippen molar-refractivity contribution in [1.29, 1.82) is 0 Å². The van der Waals surface area contributed by atoms with E-state index in [-0.39, 0.29) is 17.3 Å². The molecule has 1 aliphatic carbocycles. The van der Waals surface area contributed by atoms with E-state index in [0.29, 0.717) is 58.3 Å². The van der Waals surface area contributed by atoms with Gasteiger partial charge in [0.25, 0.3) is 5.56 Å². The first kappa shape index (κ1) is 24.1. The van der Waals surface area contributed by atoms with E-state index in [1.807, 2.05) is 53.9 Å². The number of nitrogens with zero attached hydrogens (tertiary/aromatic N) is 1. The molecule has 4 aromatic rings. The number of fused-ring (bicyclic) bond motifs is 1. The van der Waals surface area contributed by atoms with Crippen molar-refractivity contribution in [3.05, 3.63) is 97.6 Å². The topological polar surface area (TPSA) is 94.6 Å². The number of hydrogen-bond acceptors (Lipinski definition) is 7. The van der Waals surface area contributed by atoms with Crippen molar-refractivity contribution in [3.63, 3.8) is 0 Å². The number of ether oxygens (including phenoxy) is 3. The molecule has 9 heteroatoms. The number of methoxy groups -OCH3 is 3. The summed E-state index contributed by atoms with van der Waals surface area (Å²) in [6.07, 6.45) is 1.05. The first-order chi connectivity index (χ1) is 18.5. The summed E-state index contributed by atoms with van der Waals surface area (Å²) in [6.45, 7) is 0. The van der Waals surface area contributed by atoms with Crippen LogP contribution in [-0.4, -0.2) is 36.9 Å². The Morgan fingerprint density at radius 1 is 0.921 bits per heavy atom. The predicted octanol–water partition coefficient (Wildman–Crippen LogP) is 5.21. The van der Waals surface area contributed by atoms with Crippen molar-refractivity contribution in [2.45, 2.75) is 24.7 Å². The smallest absolute Gasteiger partial charge is 0.277 e. The van der Waals surface area contributed by atoms with E-state index in [1.54, 1.807) is 32.7 Å². The molecule has 0 spiro atoms. The number of allylic oxidation sites excluding steroid dienone is 2. The fourth-order valence-electron chi connectivity index (χ4n) is 5.58. The number of aromatic amines is 1. The number of para-hydroxylation sites is 1. The zero-order valence-electron chi connectivity index (χ0n) is 21.2. The Bertz CT molecular complexity index is 1580. The molecule has 0 fully saturated rings. The Hall–Kier alpha value is -4.24. The quantitative estimate of drug-likeness (QED) is 0.356. The van der Waals surface area contributed by atoms with Gasteiger partial charge in [-0.1, -0.05) is 24.3 Å². The average molecular weight is 530 g/mol. The minimum absolute atomic E-state index is 0.0217. The Labute approximate surface area is 223 Å². The molecular formula is C29H27N3O5S. The fraction of sp³-hybridized carbons (Fsp3) is 0.241. The number of anilines is 1. The molecule has 2 aromatic carbocycles. The second kappa shape index (κ2) is 9.57. The number of benzene rings is 2. The molecule has 2 atom stereocenters. The molecule has 0 unspecified atom stereocenters. The van der Waals surface area contributed by atoms with E-state index in [1.165, 1.54) is 9.56 Å². The van der Waals surface area contributed by atoms with Gasteiger partial charge in [-0.15, -0.1) is 11.3 Å². The van der Waals surface area contributed by atoms with E-state index in [0.717, 1.165) is 5.70 Å². The van der Waals surface area contributed by atoms with Crippen LogP contribution in [0.1, 0.15) is 40.7 Å². The third kappa shape index (κ3) is 3.81. The summed E-state index contributed by atoms with van der Waals surface area (Å²) in [5.74, 6) is 1.44. The van der Waals surface area contributed by atoms with Gasteiger partial charge < -0.3 is 19.5 Å². The second-order valence-electron chi connectivity index (χ2n) is 9.33. The Balaban J connectivity index is 1.57. The highest BCUT2D eigenvalue weighted by Gasteiger charge is 2.42. The van der Waals surface area contributed by atoms with Crippen LogP contribution >= 0.6 is 11.3 Å². The highest BCUT2D eigenvalue weighted by molar-refractivity contribution is 7.10. The van der Waals surface area contributed by atoms with Crippen molar-refractivity contribution in [3.8, 4) is 22.9 Å². The summed E-state index contributed by atoms with van der Waals surface area (Å²) in [5, 5.41) is 8.72. The molecule has 38 heavy (non-hydrogen) atoms. The first-order valence-corrected chi connectivity index (χ1v) is 13.2. The van der Waals surface area contributed by atoms with Crippen LogP contribution in [0.15, 0.2) is 76.0 Å². The molecule has 2 aromatic heterocycles. The lowest BCUT2D eigenvalue weighted by Crippen LogP contribution is -2.31. The number of carbonyl (C=O) groups is 1. The fourth-order valence-corrected chi connectivity index (χ4v) is 6.41. The zero-order chi connectivity index (χ0) is 26.4. The van der Waals surface area contributed by atoms with Crippen LogP contribution in [0.4, 0.5) is 5.82 Å². The molecule has 0 saturated carbocycles. The second-order valence-corrected chi connectivity index (χ2v) is 10.3. The molecule has 6 rings (SSSR count). The van der Waals surface area contributed by atoms with Crippen molar-refractivity contribution in [2.75, 3.05) is 26.6 Å². The molecular weight excluding hydrogens is 502 g/mol. The van der Waals surface area contributed by atoms with Gasteiger partial charge in [-0.25, -0.2) is 4.68 Å². The SMILES string of the molecule is COc1cc([C@@H]2C3=C(C[C@@H](c4cccs4)CC3=O)Nc3[nH]n(-c4ccccc4)c(=O)c32)cc(OC)c1OC. The lowest BCUT2D eigenvalue weighted by atomic mass is 9.74.